The van der Waals surface area contributed by atoms with Crippen molar-refractivity contribution in [1.29, 1.82) is 0 Å². The molecule has 0 saturated heterocycles. The van der Waals surface area contributed by atoms with E-state index in [0.717, 1.165) is 5.39 Å². The first-order valence-corrected chi connectivity index (χ1v) is 6.10. The van der Waals surface area contributed by atoms with Gasteiger partial charge in [-0.25, -0.2) is 4.79 Å². The number of nitrogens with one attached hydrogen (secondary N) is 2. The standard InChI is InChI=1S/C14H16N2O3/c1-9-10-5-3-4-6-11(10)19-14(18)12(9)13(17)16-8-7-15-2/h3-6,15H,7-8H2,1-2H3,(H,16,17). The van der Waals surface area contributed by atoms with E-state index in [2.05, 4.69) is 10.6 Å². The van der Waals surface area contributed by atoms with E-state index in [1.807, 2.05) is 12.1 Å². The van der Waals surface area contributed by atoms with Crippen LogP contribution in [-0.4, -0.2) is 26.0 Å². The molecule has 1 heterocycles. The van der Waals surface area contributed by atoms with Crippen LogP contribution < -0.4 is 16.3 Å². The number of likely N-dealkylation sites (N-methyl/N-ethyl adjacent to an activating group) is 1. The molecule has 2 N–H and O–H groups in total. The van der Waals surface area contributed by atoms with Crippen molar-refractivity contribution in [3.63, 3.8) is 0 Å². The molecule has 2 rings (SSSR count). The predicted molar refractivity (Wildman–Crippen MR) is 73.5 cm³/mol. The van der Waals surface area contributed by atoms with Crippen LogP contribution in [0, 0.1) is 6.92 Å². The van der Waals surface area contributed by atoms with Gasteiger partial charge in [0.2, 0.25) is 0 Å². The van der Waals surface area contributed by atoms with Gasteiger partial charge in [0.25, 0.3) is 5.91 Å². The number of hydrogen-bond donors (Lipinski definition) is 2. The number of para-hydroxylation sites is 1. The van der Waals surface area contributed by atoms with Crippen molar-refractivity contribution in [2.75, 3.05) is 20.1 Å². The summed E-state index contributed by atoms with van der Waals surface area (Å²) in [6.07, 6.45) is 0. The Morgan fingerprint density at radius 1 is 1.26 bits per heavy atom. The zero-order valence-electron chi connectivity index (χ0n) is 10.9. The van der Waals surface area contributed by atoms with Gasteiger partial charge in [0, 0.05) is 18.5 Å². The lowest BCUT2D eigenvalue weighted by Gasteiger charge is -2.08. The molecule has 0 saturated carbocycles. The van der Waals surface area contributed by atoms with Crippen molar-refractivity contribution < 1.29 is 9.21 Å². The van der Waals surface area contributed by atoms with Gasteiger partial charge in [-0.2, -0.15) is 0 Å². The smallest absolute Gasteiger partial charge is 0.349 e. The maximum Gasteiger partial charge on any atom is 0.349 e. The highest BCUT2D eigenvalue weighted by molar-refractivity contribution is 5.99. The fourth-order valence-corrected chi connectivity index (χ4v) is 1.96. The zero-order valence-corrected chi connectivity index (χ0v) is 10.9. The summed E-state index contributed by atoms with van der Waals surface area (Å²) in [5, 5.41) is 6.38. The van der Waals surface area contributed by atoms with Crippen LogP contribution in [0.3, 0.4) is 0 Å². The number of carbonyl (C=O) groups is 1. The average molecular weight is 260 g/mol. The Morgan fingerprint density at radius 2 is 2.00 bits per heavy atom. The molecule has 0 aliphatic heterocycles. The van der Waals surface area contributed by atoms with E-state index in [1.165, 1.54) is 0 Å². The molecular weight excluding hydrogens is 244 g/mol. The van der Waals surface area contributed by atoms with Crippen LogP contribution in [0.1, 0.15) is 15.9 Å². The fraction of sp³-hybridized carbons (Fsp3) is 0.286. The third-order valence-electron chi connectivity index (χ3n) is 2.96. The molecule has 1 amide bonds. The van der Waals surface area contributed by atoms with Gasteiger partial charge in [-0.1, -0.05) is 18.2 Å². The molecule has 0 aliphatic rings. The summed E-state index contributed by atoms with van der Waals surface area (Å²) in [6, 6.07) is 7.18. The van der Waals surface area contributed by atoms with Crippen LogP contribution in [0.25, 0.3) is 11.0 Å². The molecular formula is C14H16N2O3. The third kappa shape index (κ3) is 2.66. The van der Waals surface area contributed by atoms with Gasteiger partial charge >= 0.3 is 5.63 Å². The summed E-state index contributed by atoms with van der Waals surface area (Å²) in [5.41, 5.74) is 0.624. The van der Waals surface area contributed by atoms with Gasteiger partial charge < -0.3 is 15.1 Å². The highest BCUT2D eigenvalue weighted by atomic mass is 16.4. The molecule has 5 nitrogen and oxygen atoms in total. The molecule has 0 fully saturated rings. The van der Waals surface area contributed by atoms with Crippen molar-refractivity contribution in [1.82, 2.24) is 10.6 Å². The van der Waals surface area contributed by atoms with Gasteiger partial charge in [0.1, 0.15) is 11.1 Å². The largest absolute Gasteiger partial charge is 0.422 e. The number of fused-ring (bicyclic) bond motifs is 1. The Hall–Kier alpha value is -2.14. The molecule has 0 aliphatic carbocycles. The second-order valence-electron chi connectivity index (χ2n) is 4.25. The second-order valence-corrected chi connectivity index (χ2v) is 4.25. The van der Waals surface area contributed by atoms with E-state index in [-0.39, 0.29) is 5.56 Å². The summed E-state index contributed by atoms with van der Waals surface area (Å²) >= 11 is 0. The molecule has 0 spiro atoms. The lowest BCUT2D eigenvalue weighted by Crippen LogP contribution is -2.33. The molecule has 1 aromatic carbocycles. The Kier molecular flexibility index (Phi) is 3.97. The topological polar surface area (TPSA) is 71.3 Å². The first-order valence-electron chi connectivity index (χ1n) is 6.10. The van der Waals surface area contributed by atoms with Crippen molar-refractivity contribution in [3.05, 3.63) is 45.8 Å². The Morgan fingerprint density at radius 3 is 2.74 bits per heavy atom. The summed E-state index contributed by atoms with van der Waals surface area (Å²) in [4.78, 5) is 23.9. The van der Waals surface area contributed by atoms with Gasteiger partial charge in [-0.15, -0.1) is 0 Å². The number of amides is 1. The zero-order chi connectivity index (χ0) is 13.8. The van der Waals surface area contributed by atoms with Crippen LogP contribution in [-0.2, 0) is 0 Å². The molecule has 0 bridgehead atoms. The molecule has 100 valence electrons. The van der Waals surface area contributed by atoms with Crippen LogP contribution in [0.15, 0.2) is 33.5 Å². The molecule has 19 heavy (non-hydrogen) atoms. The third-order valence-corrected chi connectivity index (χ3v) is 2.96. The van der Waals surface area contributed by atoms with E-state index in [1.54, 1.807) is 26.1 Å². The highest BCUT2D eigenvalue weighted by Gasteiger charge is 2.17. The SMILES string of the molecule is CNCCNC(=O)c1c(C)c2ccccc2oc1=O. The normalized spacial score (nSPS) is 10.6. The first-order chi connectivity index (χ1) is 9.15. The summed E-state index contributed by atoms with van der Waals surface area (Å²) in [5.74, 6) is -0.396. The molecule has 0 atom stereocenters. The first kappa shape index (κ1) is 13.3. The van der Waals surface area contributed by atoms with Crippen molar-refractivity contribution in [2.24, 2.45) is 0 Å². The van der Waals surface area contributed by atoms with Crippen molar-refractivity contribution >= 4 is 16.9 Å². The van der Waals surface area contributed by atoms with Gasteiger partial charge in [-0.05, 0) is 25.6 Å². The molecule has 1 aromatic heterocycles. The maximum atomic E-state index is 12.0. The molecule has 2 aromatic rings. The number of hydrogen-bond acceptors (Lipinski definition) is 4. The number of rotatable bonds is 4. The average Bonchev–Trinajstić information content (AvgIpc) is 2.39. The Labute approximate surface area is 110 Å². The van der Waals surface area contributed by atoms with Crippen LogP contribution in [0.5, 0.6) is 0 Å². The molecule has 5 heteroatoms. The predicted octanol–water partition coefficient (Wildman–Crippen LogP) is 1.05. The van der Waals surface area contributed by atoms with Gasteiger partial charge in [-0.3, -0.25) is 4.79 Å². The van der Waals surface area contributed by atoms with E-state index >= 15 is 0 Å². The monoisotopic (exact) mass is 260 g/mol. The van der Waals surface area contributed by atoms with Gasteiger partial charge in [0.05, 0.1) is 0 Å². The number of aryl methyl sites for hydroxylation is 1. The quantitative estimate of drug-likeness (QED) is 0.636. The fourth-order valence-electron chi connectivity index (χ4n) is 1.96. The summed E-state index contributed by atoms with van der Waals surface area (Å²) < 4.78 is 5.17. The van der Waals surface area contributed by atoms with E-state index < -0.39 is 11.5 Å². The van der Waals surface area contributed by atoms with Crippen molar-refractivity contribution in [3.8, 4) is 0 Å². The number of carbonyl (C=O) groups excluding carboxylic acids is 1. The van der Waals surface area contributed by atoms with Crippen LogP contribution in [0.4, 0.5) is 0 Å². The summed E-state index contributed by atoms with van der Waals surface area (Å²) in [7, 11) is 1.79. The minimum absolute atomic E-state index is 0.0785. The maximum absolute atomic E-state index is 12.0. The Balaban J connectivity index is 2.43. The van der Waals surface area contributed by atoms with E-state index in [4.69, 9.17) is 4.42 Å². The Bertz CT molecular complexity index is 661. The van der Waals surface area contributed by atoms with Crippen LogP contribution >= 0.6 is 0 Å². The molecule has 0 radical (unpaired) electrons. The van der Waals surface area contributed by atoms with E-state index in [0.29, 0.717) is 24.2 Å². The highest BCUT2D eigenvalue weighted by Crippen LogP contribution is 2.18. The summed E-state index contributed by atoms with van der Waals surface area (Å²) in [6.45, 7) is 2.86. The number of benzene rings is 1. The lowest BCUT2D eigenvalue weighted by molar-refractivity contribution is 0.0950. The minimum atomic E-state index is -0.599. The molecule has 0 unspecified atom stereocenters. The van der Waals surface area contributed by atoms with Crippen LogP contribution in [0.2, 0.25) is 0 Å². The van der Waals surface area contributed by atoms with E-state index in [9.17, 15) is 9.59 Å². The lowest BCUT2D eigenvalue weighted by atomic mass is 10.1. The van der Waals surface area contributed by atoms with Gasteiger partial charge in [0.15, 0.2) is 0 Å². The van der Waals surface area contributed by atoms with Crippen molar-refractivity contribution in [2.45, 2.75) is 6.92 Å². The minimum Gasteiger partial charge on any atom is -0.422 e. The second kappa shape index (κ2) is 5.67.